The van der Waals surface area contributed by atoms with Crippen molar-refractivity contribution in [3.05, 3.63) is 29.8 Å². The molecule has 0 aliphatic carbocycles. The zero-order valence-corrected chi connectivity index (χ0v) is 10.4. The van der Waals surface area contributed by atoms with Crippen molar-refractivity contribution in [2.75, 3.05) is 0 Å². The van der Waals surface area contributed by atoms with E-state index in [1.54, 1.807) is 12.1 Å². The molecule has 0 saturated heterocycles. The maximum Gasteiger partial charge on any atom is 0.115 e. The van der Waals surface area contributed by atoms with Gasteiger partial charge in [-0.2, -0.15) is 0 Å². The van der Waals surface area contributed by atoms with Gasteiger partial charge < -0.3 is 5.11 Å². The van der Waals surface area contributed by atoms with Gasteiger partial charge in [-0.1, -0.05) is 32.9 Å². The minimum Gasteiger partial charge on any atom is -0.508 e. The van der Waals surface area contributed by atoms with E-state index < -0.39 is 0 Å². The van der Waals surface area contributed by atoms with E-state index in [0.29, 0.717) is 5.75 Å². The number of halogens is 1. The van der Waals surface area contributed by atoms with Crippen LogP contribution in [0.2, 0.25) is 0 Å². The number of alkyl halides is 1. The molecule has 0 amide bonds. The lowest BCUT2D eigenvalue weighted by atomic mass is 9.88. The molecule has 0 bridgehead atoms. The van der Waals surface area contributed by atoms with E-state index in [2.05, 4.69) is 20.8 Å². The zero-order chi connectivity index (χ0) is 11.5. The first-order valence-electron chi connectivity index (χ1n) is 5.31. The van der Waals surface area contributed by atoms with E-state index in [4.69, 9.17) is 16.7 Å². The molecule has 1 rings (SSSR count). The molecule has 1 nitrogen and oxygen atoms in total. The lowest BCUT2D eigenvalue weighted by molar-refractivity contribution is 0.374. The average molecular weight is 227 g/mol. The number of aromatic hydroxyl groups is 1. The first-order chi connectivity index (χ1) is 6.89. The van der Waals surface area contributed by atoms with Crippen molar-refractivity contribution in [2.24, 2.45) is 5.41 Å². The number of hydrogen-bond acceptors (Lipinski definition) is 1. The highest BCUT2D eigenvalue weighted by Crippen LogP contribution is 2.28. The zero-order valence-electron chi connectivity index (χ0n) is 9.63. The second-order valence-corrected chi connectivity index (χ2v) is 5.57. The molecule has 0 saturated carbocycles. The monoisotopic (exact) mass is 226 g/mol. The van der Waals surface area contributed by atoms with Crippen LogP contribution in [0.4, 0.5) is 0 Å². The van der Waals surface area contributed by atoms with Crippen LogP contribution >= 0.6 is 11.6 Å². The molecule has 0 aliphatic heterocycles. The number of benzene rings is 1. The van der Waals surface area contributed by atoms with E-state index >= 15 is 0 Å². The summed E-state index contributed by atoms with van der Waals surface area (Å²) in [4.78, 5) is 0. The maximum absolute atomic E-state index is 9.14. The normalized spacial score (nSPS) is 13.9. The van der Waals surface area contributed by atoms with Crippen LogP contribution < -0.4 is 0 Å². The molecule has 84 valence electrons. The van der Waals surface area contributed by atoms with Gasteiger partial charge in [-0.3, -0.25) is 0 Å². The highest BCUT2D eigenvalue weighted by atomic mass is 35.5. The predicted molar refractivity (Wildman–Crippen MR) is 65.5 cm³/mol. The van der Waals surface area contributed by atoms with Crippen LogP contribution in [0.15, 0.2) is 24.3 Å². The third-order valence-corrected chi connectivity index (χ3v) is 3.44. The molecule has 0 aliphatic rings. The summed E-state index contributed by atoms with van der Waals surface area (Å²) in [6, 6.07) is 7.33. The van der Waals surface area contributed by atoms with Crippen LogP contribution in [-0.4, -0.2) is 10.5 Å². The van der Waals surface area contributed by atoms with E-state index in [1.165, 1.54) is 5.56 Å². The molecule has 0 spiro atoms. The second-order valence-electron chi connectivity index (χ2n) is 5.04. The smallest absolute Gasteiger partial charge is 0.115 e. The number of hydrogen-bond donors (Lipinski definition) is 1. The fourth-order valence-electron chi connectivity index (χ4n) is 1.39. The Balaban J connectivity index is 2.47. The molecule has 15 heavy (non-hydrogen) atoms. The van der Waals surface area contributed by atoms with Crippen molar-refractivity contribution in [1.82, 2.24) is 0 Å². The van der Waals surface area contributed by atoms with Gasteiger partial charge in [0, 0.05) is 5.38 Å². The summed E-state index contributed by atoms with van der Waals surface area (Å²) in [7, 11) is 0. The topological polar surface area (TPSA) is 20.2 Å². The van der Waals surface area contributed by atoms with Gasteiger partial charge in [0.05, 0.1) is 0 Å². The van der Waals surface area contributed by atoms with Crippen molar-refractivity contribution in [1.29, 1.82) is 0 Å². The van der Waals surface area contributed by atoms with Gasteiger partial charge >= 0.3 is 0 Å². The summed E-state index contributed by atoms with van der Waals surface area (Å²) in [5, 5.41) is 9.32. The van der Waals surface area contributed by atoms with Crippen LogP contribution in [0.25, 0.3) is 0 Å². The van der Waals surface area contributed by atoms with Gasteiger partial charge in [0.1, 0.15) is 5.75 Å². The van der Waals surface area contributed by atoms with Gasteiger partial charge in [0.25, 0.3) is 0 Å². The molecule has 1 unspecified atom stereocenters. The third-order valence-electron chi connectivity index (χ3n) is 2.56. The Labute approximate surface area is 97.1 Å². The van der Waals surface area contributed by atoms with Crippen molar-refractivity contribution in [3.8, 4) is 5.75 Å². The van der Waals surface area contributed by atoms with Crippen LogP contribution in [0.5, 0.6) is 5.75 Å². The Morgan fingerprint density at radius 1 is 1.20 bits per heavy atom. The van der Waals surface area contributed by atoms with Crippen LogP contribution in [0.1, 0.15) is 32.8 Å². The Kier molecular flexibility index (Phi) is 4.04. The van der Waals surface area contributed by atoms with Crippen molar-refractivity contribution in [3.63, 3.8) is 0 Å². The molecule has 0 heterocycles. The Bertz CT molecular complexity index is 297. The summed E-state index contributed by atoms with van der Waals surface area (Å²) in [6.45, 7) is 6.46. The van der Waals surface area contributed by atoms with Gasteiger partial charge in [-0.05, 0) is 36.0 Å². The van der Waals surface area contributed by atoms with Gasteiger partial charge in [0.15, 0.2) is 0 Å². The lowest BCUT2D eigenvalue weighted by Crippen LogP contribution is -2.21. The van der Waals surface area contributed by atoms with Crippen molar-refractivity contribution in [2.45, 2.75) is 39.0 Å². The van der Waals surface area contributed by atoms with Gasteiger partial charge in [-0.25, -0.2) is 0 Å². The Morgan fingerprint density at radius 2 is 1.73 bits per heavy atom. The SMILES string of the molecule is CC(C)(C)C(Cl)CCc1ccc(O)cc1. The molecule has 0 radical (unpaired) electrons. The van der Waals surface area contributed by atoms with Crippen LogP contribution in [0.3, 0.4) is 0 Å². The van der Waals surface area contributed by atoms with Crippen LogP contribution in [0, 0.1) is 5.41 Å². The van der Waals surface area contributed by atoms with E-state index in [0.717, 1.165) is 12.8 Å². The highest BCUT2D eigenvalue weighted by Gasteiger charge is 2.21. The van der Waals surface area contributed by atoms with Gasteiger partial charge in [0.2, 0.25) is 0 Å². The highest BCUT2D eigenvalue weighted by molar-refractivity contribution is 6.21. The Morgan fingerprint density at radius 3 is 2.20 bits per heavy atom. The average Bonchev–Trinajstić information content (AvgIpc) is 2.15. The molecular formula is C13H19ClO. The number of rotatable bonds is 3. The lowest BCUT2D eigenvalue weighted by Gasteiger charge is -2.25. The molecule has 0 fully saturated rings. The van der Waals surface area contributed by atoms with E-state index in [1.807, 2.05) is 12.1 Å². The molecule has 2 heteroatoms. The molecule has 1 atom stereocenters. The maximum atomic E-state index is 9.14. The minimum atomic E-state index is 0.151. The quantitative estimate of drug-likeness (QED) is 0.774. The van der Waals surface area contributed by atoms with Crippen molar-refractivity contribution < 1.29 is 5.11 Å². The third kappa shape index (κ3) is 4.13. The molecule has 1 aromatic carbocycles. The predicted octanol–water partition coefficient (Wildman–Crippen LogP) is 3.98. The molecule has 1 aromatic rings. The van der Waals surface area contributed by atoms with Crippen LogP contribution in [-0.2, 0) is 6.42 Å². The summed E-state index contributed by atoms with van der Waals surface area (Å²) in [5.74, 6) is 0.317. The number of phenolic OH excluding ortho intramolecular Hbond substituents is 1. The fourth-order valence-corrected chi connectivity index (χ4v) is 1.50. The fraction of sp³-hybridized carbons (Fsp3) is 0.538. The standard InChI is InChI=1S/C13H19ClO/c1-13(2,3)12(14)9-6-10-4-7-11(15)8-5-10/h4-5,7-8,12,15H,6,9H2,1-3H3. The largest absolute Gasteiger partial charge is 0.508 e. The first-order valence-corrected chi connectivity index (χ1v) is 5.75. The summed E-state index contributed by atoms with van der Waals surface area (Å²) < 4.78 is 0. The van der Waals surface area contributed by atoms with Crippen molar-refractivity contribution >= 4 is 11.6 Å². The second kappa shape index (κ2) is 4.89. The first kappa shape index (κ1) is 12.4. The summed E-state index contributed by atoms with van der Waals surface area (Å²) >= 11 is 6.29. The van der Waals surface area contributed by atoms with E-state index in [9.17, 15) is 0 Å². The molecule has 0 aromatic heterocycles. The number of phenols is 1. The molecular weight excluding hydrogens is 208 g/mol. The Hall–Kier alpha value is -0.690. The summed E-state index contributed by atoms with van der Waals surface area (Å²) in [6.07, 6.45) is 1.93. The minimum absolute atomic E-state index is 0.151. The van der Waals surface area contributed by atoms with E-state index in [-0.39, 0.29) is 10.8 Å². The number of aryl methyl sites for hydroxylation is 1. The van der Waals surface area contributed by atoms with Gasteiger partial charge in [-0.15, -0.1) is 11.6 Å². The molecule has 1 N–H and O–H groups in total. The summed E-state index contributed by atoms with van der Waals surface area (Å²) in [5.41, 5.74) is 1.38.